The quantitative estimate of drug-likeness (QED) is 0.583. The Morgan fingerprint density at radius 1 is 1.09 bits per heavy atom. The van der Waals surface area contributed by atoms with Gasteiger partial charge in [-0.15, -0.1) is 0 Å². The van der Waals surface area contributed by atoms with Crippen molar-refractivity contribution in [1.82, 2.24) is 10.2 Å². The summed E-state index contributed by atoms with van der Waals surface area (Å²) in [5.41, 5.74) is 1.02. The van der Waals surface area contributed by atoms with Gasteiger partial charge in [0.25, 0.3) is 5.91 Å². The molecule has 0 aromatic heterocycles. The SMILES string of the molecule is CCCN1C(=O)N[C@H](c2ccc(NC(=O)c3ccc(C(F)(F)F)cc3)cc2)C(C(=O)OC)=C1C. The van der Waals surface area contributed by atoms with Crippen LogP contribution < -0.4 is 10.6 Å². The molecule has 0 bridgehead atoms. The maximum absolute atomic E-state index is 12.7. The van der Waals surface area contributed by atoms with Crippen LogP contribution in [0.2, 0.25) is 0 Å². The van der Waals surface area contributed by atoms with Crippen molar-refractivity contribution >= 4 is 23.6 Å². The minimum atomic E-state index is -4.48. The summed E-state index contributed by atoms with van der Waals surface area (Å²) in [5, 5.41) is 5.43. The number of hydrogen-bond donors (Lipinski definition) is 2. The number of nitrogens with one attached hydrogen (secondary N) is 2. The van der Waals surface area contributed by atoms with Gasteiger partial charge in [0.15, 0.2) is 0 Å². The maximum atomic E-state index is 12.7. The highest BCUT2D eigenvalue weighted by molar-refractivity contribution is 6.04. The van der Waals surface area contributed by atoms with Crippen LogP contribution in [0.4, 0.5) is 23.7 Å². The van der Waals surface area contributed by atoms with E-state index in [-0.39, 0.29) is 11.6 Å². The Kier molecular flexibility index (Phi) is 7.29. The van der Waals surface area contributed by atoms with Gasteiger partial charge in [-0.25, -0.2) is 9.59 Å². The summed E-state index contributed by atoms with van der Waals surface area (Å²) in [6.07, 6.45) is -3.78. The number of carbonyl (C=O) groups excluding carboxylic acids is 3. The molecule has 7 nitrogen and oxygen atoms in total. The summed E-state index contributed by atoms with van der Waals surface area (Å²) in [5.74, 6) is -1.14. The third-order valence-electron chi connectivity index (χ3n) is 5.43. The van der Waals surface area contributed by atoms with Crippen LogP contribution in [0.5, 0.6) is 0 Å². The Morgan fingerprint density at radius 2 is 1.71 bits per heavy atom. The number of anilines is 1. The highest BCUT2D eigenvalue weighted by Crippen LogP contribution is 2.32. The standard InChI is InChI=1S/C24H24F3N3O4/c1-4-13-30-14(2)19(22(32)34-3)20(29-23(30)33)15-7-11-18(12-8-15)28-21(31)16-5-9-17(10-6-16)24(25,26)27/h5-12,20H,4,13H2,1-3H3,(H,28,31)(H,29,33)/t20-/m1/s1. The number of hydrogen-bond acceptors (Lipinski definition) is 4. The minimum Gasteiger partial charge on any atom is -0.466 e. The van der Waals surface area contributed by atoms with Crippen molar-refractivity contribution in [2.45, 2.75) is 32.5 Å². The summed E-state index contributed by atoms with van der Waals surface area (Å²) in [6, 6.07) is 9.23. The molecule has 0 saturated carbocycles. The van der Waals surface area contributed by atoms with E-state index in [1.54, 1.807) is 31.2 Å². The summed E-state index contributed by atoms with van der Waals surface area (Å²) in [4.78, 5) is 39.0. The number of benzene rings is 2. The number of nitrogens with zero attached hydrogens (tertiary/aromatic N) is 1. The zero-order valence-corrected chi connectivity index (χ0v) is 18.8. The van der Waals surface area contributed by atoms with Crippen LogP contribution in [-0.2, 0) is 15.7 Å². The normalized spacial score (nSPS) is 16.2. The molecule has 2 aromatic rings. The molecule has 0 saturated heterocycles. The third-order valence-corrected chi connectivity index (χ3v) is 5.43. The molecule has 0 spiro atoms. The van der Waals surface area contributed by atoms with Gasteiger partial charge in [-0.2, -0.15) is 13.2 Å². The number of carbonyl (C=O) groups is 3. The van der Waals surface area contributed by atoms with Crippen molar-refractivity contribution in [2.24, 2.45) is 0 Å². The molecule has 2 aromatic carbocycles. The van der Waals surface area contributed by atoms with E-state index in [4.69, 9.17) is 4.74 Å². The van der Waals surface area contributed by atoms with E-state index in [1.807, 2.05) is 6.92 Å². The number of ether oxygens (including phenoxy) is 1. The van der Waals surface area contributed by atoms with Crippen molar-refractivity contribution in [3.63, 3.8) is 0 Å². The number of urea groups is 1. The number of esters is 1. The highest BCUT2D eigenvalue weighted by Gasteiger charge is 2.36. The van der Waals surface area contributed by atoms with Crippen molar-refractivity contribution < 1.29 is 32.3 Å². The first-order valence-electron chi connectivity index (χ1n) is 10.5. The largest absolute Gasteiger partial charge is 0.466 e. The molecule has 3 amide bonds. The summed E-state index contributed by atoms with van der Waals surface area (Å²) >= 11 is 0. The Balaban J connectivity index is 1.81. The molecular formula is C24H24F3N3O4. The lowest BCUT2D eigenvalue weighted by atomic mass is 9.94. The zero-order valence-electron chi connectivity index (χ0n) is 18.8. The van der Waals surface area contributed by atoms with E-state index in [0.29, 0.717) is 35.5 Å². The monoisotopic (exact) mass is 475 g/mol. The van der Waals surface area contributed by atoms with E-state index in [2.05, 4.69) is 10.6 Å². The smallest absolute Gasteiger partial charge is 0.416 e. The Labute approximate surface area is 194 Å². The number of rotatable bonds is 6. The fourth-order valence-electron chi connectivity index (χ4n) is 3.67. The molecule has 34 heavy (non-hydrogen) atoms. The summed E-state index contributed by atoms with van der Waals surface area (Å²) in [7, 11) is 1.26. The fourth-order valence-corrected chi connectivity index (χ4v) is 3.67. The minimum absolute atomic E-state index is 0.0687. The van der Waals surface area contributed by atoms with Crippen LogP contribution in [0.3, 0.4) is 0 Å². The van der Waals surface area contributed by atoms with Gasteiger partial charge >= 0.3 is 18.2 Å². The summed E-state index contributed by atoms with van der Waals surface area (Å²) < 4.78 is 43.0. The third kappa shape index (κ3) is 5.22. The van der Waals surface area contributed by atoms with E-state index in [0.717, 1.165) is 24.3 Å². The predicted octanol–water partition coefficient (Wildman–Crippen LogP) is 4.88. The van der Waals surface area contributed by atoms with Crippen LogP contribution in [0, 0.1) is 0 Å². The molecule has 0 unspecified atom stereocenters. The molecular weight excluding hydrogens is 451 g/mol. The Hall–Kier alpha value is -3.82. The first-order chi connectivity index (χ1) is 16.1. The lowest BCUT2D eigenvalue weighted by Crippen LogP contribution is -2.48. The van der Waals surface area contributed by atoms with Gasteiger partial charge in [-0.1, -0.05) is 19.1 Å². The number of halogens is 3. The van der Waals surface area contributed by atoms with Crippen molar-refractivity contribution in [3.05, 3.63) is 76.5 Å². The van der Waals surface area contributed by atoms with Gasteiger partial charge in [-0.05, 0) is 55.3 Å². The molecule has 0 fully saturated rings. The highest BCUT2D eigenvalue weighted by atomic mass is 19.4. The van der Waals surface area contributed by atoms with Crippen LogP contribution in [-0.4, -0.2) is 36.5 Å². The number of methoxy groups -OCH3 is 1. The molecule has 1 aliphatic rings. The van der Waals surface area contributed by atoms with Crippen molar-refractivity contribution in [2.75, 3.05) is 19.0 Å². The molecule has 1 aliphatic heterocycles. The molecule has 10 heteroatoms. The van der Waals surface area contributed by atoms with Gasteiger partial charge in [-0.3, -0.25) is 9.69 Å². The molecule has 1 heterocycles. The zero-order chi connectivity index (χ0) is 25.0. The van der Waals surface area contributed by atoms with Gasteiger partial charge in [0, 0.05) is 23.5 Å². The van der Waals surface area contributed by atoms with E-state index in [1.165, 1.54) is 12.0 Å². The molecule has 3 rings (SSSR count). The van der Waals surface area contributed by atoms with Crippen LogP contribution in [0.1, 0.15) is 47.8 Å². The van der Waals surface area contributed by atoms with Gasteiger partial charge < -0.3 is 15.4 Å². The lowest BCUT2D eigenvalue weighted by Gasteiger charge is -2.35. The van der Waals surface area contributed by atoms with Crippen LogP contribution >= 0.6 is 0 Å². The number of amides is 3. The van der Waals surface area contributed by atoms with Gasteiger partial charge in [0.2, 0.25) is 0 Å². The fraction of sp³-hybridized carbons (Fsp3) is 0.292. The van der Waals surface area contributed by atoms with Gasteiger partial charge in [0.05, 0.1) is 24.3 Å². The average Bonchev–Trinajstić information content (AvgIpc) is 2.81. The van der Waals surface area contributed by atoms with Crippen LogP contribution in [0.15, 0.2) is 59.8 Å². The van der Waals surface area contributed by atoms with Crippen LogP contribution in [0.25, 0.3) is 0 Å². The van der Waals surface area contributed by atoms with Gasteiger partial charge in [0.1, 0.15) is 0 Å². The average molecular weight is 475 g/mol. The molecule has 1 atom stereocenters. The first-order valence-corrected chi connectivity index (χ1v) is 10.5. The number of alkyl halides is 3. The Morgan fingerprint density at radius 3 is 2.24 bits per heavy atom. The van der Waals surface area contributed by atoms with E-state index >= 15 is 0 Å². The summed E-state index contributed by atoms with van der Waals surface area (Å²) in [6.45, 7) is 4.05. The van der Waals surface area contributed by atoms with Crippen molar-refractivity contribution in [3.8, 4) is 0 Å². The second-order valence-electron chi connectivity index (χ2n) is 7.68. The molecule has 2 N–H and O–H groups in total. The molecule has 0 radical (unpaired) electrons. The topological polar surface area (TPSA) is 87.7 Å². The van der Waals surface area contributed by atoms with Crippen molar-refractivity contribution in [1.29, 1.82) is 0 Å². The predicted molar refractivity (Wildman–Crippen MR) is 119 cm³/mol. The maximum Gasteiger partial charge on any atom is 0.416 e. The Bertz CT molecular complexity index is 1110. The first kappa shape index (κ1) is 24.8. The second-order valence-corrected chi connectivity index (χ2v) is 7.68. The number of allylic oxidation sites excluding steroid dienone is 1. The molecule has 0 aliphatic carbocycles. The molecule has 180 valence electrons. The lowest BCUT2D eigenvalue weighted by molar-refractivity contribution is -0.138. The van der Waals surface area contributed by atoms with E-state index < -0.39 is 29.7 Å². The van der Waals surface area contributed by atoms with E-state index in [9.17, 15) is 27.6 Å². The second kappa shape index (κ2) is 9.98.